The number of ether oxygens (including phenoxy) is 2. The number of benzene rings is 2. The van der Waals surface area contributed by atoms with Crippen LogP contribution in [0.5, 0.6) is 11.5 Å². The van der Waals surface area contributed by atoms with Gasteiger partial charge in [-0.2, -0.15) is 0 Å². The second-order valence-corrected chi connectivity index (χ2v) is 4.70. The number of hydrogen-bond acceptors (Lipinski definition) is 4. The topological polar surface area (TPSA) is 59.4 Å². The maximum Gasteiger partial charge on any atom is 0.308 e. The van der Waals surface area contributed by atoms with Gasteiger partial charge in [0.2, 0.25) is 0 Å². The Morgan fingerprint density at radius 2 is 1.62 bits per heavy atom. The Hall–Kier alpha value is -2.62. The van der Waals surface area contributed by atoms with Crippen molar-refractivity contribution in [3.8, 4) is 11.5 Å². The van der Waals surface area contributed by atoms with Crippen LogP contribution in [0.1, 0.15) is 23.6 Å². The third-order valence-corrected chi connectivity index (χ3v) is 3.05. The van der Waals surface area contributed by atoms with Gasteiger partial charge in [0.25, 0.3) is 0 Å². The predicted octanol–water partition coefficient (Wildman–Crippen LogP) is 3.35. The highest BCUT2D eigenvalue weighted by Gasteiger charge is 2.11. The Labute approximate surface area is 123 Å². The molecule has 0 aliphatic carbocycles. The van der Waals surface area contributed by atoms with Crippen molar-refractivity contribution in [3.05, 3.63) is 59.2 Å². The van der Waals surface area contributed by atoms with E-state index < -0.39 is 5.97 Å². The van der Waals surface area contributed by atoms with Crippen molar-refractivity contribution in [1.82, 2.24) is 0 Å². The van der Waals surface area contributed by atoms with Crippen LogP contribution in [0.4, 0.5) is 0 Å². The molecule has 4 nitrogen and oxygen atoms in total. The smallest absolute Gasteiger partial charge is 0.308 e. The fraction of sp³-hybridized carbons (Fsp3) is 0.176. The van der Waals surface area contributed by atoms with E-state index in [1.807, 2.05) is 31.2 Å². The molecule has 0 saturated carbocycles. The number of rotatable bonds is 4. The van der Waals surface area contributed by atoms with Gasteiger partial charge in [0.05, 0.1) is 12.8 Å². The molecule has 4 heteroatoms. The second kappa shape index (κ2) is 6.22. The van der Waals surface area contributed by atoms with Crippen LogP contribution in [0.25, 0.3) is 0 Å². The molecule has 2 aromatic rings. The molecule has 0 amide bonds. The summed E-state index contributed by atoms with van der Waals surface area (Å²) >= 11 is 0. The highest BCUT2D eigenvalue weighted by Crippen LogP contribution is 2.29. The first-order valence-corrected chi connectivity index (χ1v) is 6.53. The Morgan fingerprint density at radius 3 is 2.19 bits per heavy atom. The highest BCUT2D eigenvalue weighted by atomic mass is 16.6. The molecule has 0 aliphatic heterocycles. The maximum absolute atomic E-state index is 11.0. The van der Waals surface area contributed by atoms with E-state index in [-0.39, 0.29) is 0 Å². The van der Waals surface area contributed by atoms with Crippen molar-refractivity contribution in [2.24, 2.45) is 0 Å². The molecule has 0 saturated heterocycles. The van der Waals surface area contributed by atoms with Crippen molar-refractivity contribution in [1.29, 1.82) is 5.41 Å². The van der Waals surface area contributed by atoms with E-state index in [1.165, 1.54) is 14.0 Å². The van der Waals surface area contributed by atoms with Gasteiger partial charge in [0.1, 0.15) is 0 Å². The van der Waals surface area contributed by atoms with E-state index in [2.05, 4.69) is 0 Å². The zero-order valence-electron chi connectivity index (χ0n) is 12.3. The quantitative estimate of drug-likeness (QED) is 0.532. The Kier molecular flexibility index (Phi) is 4.38. The Morgan fingerprint density at radius 1 is 1.00 bits per heavy atom. The predicted molar refractivity (Wildman–Crippen MR) is 81.4 cm³/mol. The van der Waals surface area contributed by atoms with Gasteiger partial charge in [-0.1, -0.05) is 29.8 Å². The molecule has 108 valence electrons. The van der Waals surface area contributed by atoms with Crippen LogP contribution in [0.15, 0.2) is 42.5 Å². The number of nitrogens with one attached hydrogen (secondary N) is 1. The normalized spacial score (nSPS) is 10.0. The van der Waals surface area contributed by atoms with Gasteiger partial charge in [0.15, 0.2) is 11.5 Å². The summed E-state index contributed by atoms with van der Waals surface area (Å²) in [5.74, 6) is 0.375. The minimum absolute atomic E-state index is 0.352. The van der Waals surface area contributed by atoms with Crippen molar-refractivity contribution in [2.45, 2.75) is 13.8 Å². The van der Waals surface area contributed by atoms with Gasteiger partial charge in [0, 0.05) is 18.1 Å². The minimum Gasteiger partial charge on any atom is -0.493 e. The maximum atomic E-state index is 11.0. The lowest BCUT2D eigenvalue weighted by molar-refractivity contribution is -0.132. The molecule has 0 bridgehead atoms. The summed E-state index contributed by atoms with van der Waals surface area (Å²) in [5, 5.41) is 8.26. The van der Waals surface area contributed by atoms with E-state index >= 15 is 0 Å². The Bertz CT molecular complexity index is 675. The van der Waals surface area contributed by atoms with Crippen LogP contribution in [-0.2, 0) is 4.79 Å². The summed E-state index contributed by atoms with van der Waals surface area (Å²) in [5.41, 5.74) is 3.06. The molecule has 0 fully saturated rings. The van der Waals surface area contributed by atoms with Crippen molar-refractivity contribution >= 4 is 11.7 Å². The molecular formula is C17H17NO3. The van der Waals surface area contributed by atoms with Gasteiger partial charge < -0.3 is 9.47 Å². The Balaban J connectivity index is 2.34. The number of hydrogen-bond donors (Lipinski definition) is 1. The van der Waals surface area contributed by atoms with Crippen LogP contribution < -0.4 is 9.47 Å². The largest absolute Gasteiger partial charge is 0.493 e. The number of carbonyl (C=O) groups is 1. The summed E-state index contributed by atoms with van der Waals surface area (Å²) in [4.78, 5) is 11.0. The molecule has 0 aromatic heterocycles. The van der Waals surface area contributed by atoms with Gasteiger partial charge in [-0.15, -0.1) is 0 Å². The van der Waals surface area contributed by atoms with E-state index in [0.717, 1.165) is 11.1 Å². The van der Waals surface area contributed by atoms with Crippen molar-refractivity contribution in [3.63, 3.8) is 0 Å². The van der Waals surface area contributed by atoms with E-state index in [4.69, 9.17) is 14.9 Å². The number of carbonyl (C=O) groups excluding carboxylic acids is 1. The third-order valence-electron chi connectivity index (χ3n) is 3.05. The van der Waals surface area contributed by atoms with Crippen molar-refractivity contribution in [2.75, 3.05) is 7.11 Å². The van der Waals surface area contributed by atoms with Gasteiger partial charge >= 0.3 is 5.97 Å². The van der Waals surface area contributed by atoms with E-state index in [9.17, 15) is 4.79 Å². The summed E-state index contributed by atoms with van der Waals surface area (Å²) in [6, 6.07) is 12.8. The van der Waals surface area contributed by atoms with Crippen LogP contribution in [-0.4, -0.2) is 18.8 Å². The number of aryl methyl sites for hydroxylation is 1. The molecule has 0 spiro atoms. The first kappa shape index (κ1) is 14.8. The van der Waals surface area contributed by atoms with Crippen LogP contribution in [0, 0.1) is 12.3 Å². The fourth-order valence-corrected chi connectivity index (χ4v) is 1.95. The third kappa shape index (κ3) is 3.48. The van der Waals surface area contributed by atoms with Crippen LogP contribution in [0.2, 0.25) is 0 Å². The van der Waals surface area contributed by atoms with Gasteiger partial charge in [-0.25, -0.2) is 0 Å². The monoisotopic (exact) mass is 283 g/mol. The van der Waals surface area contributed by atoms with Crippen molar-refractivity contribution < 1.29 is 14.3 Å². The highest BCUT2D eigenvalue weighted by molar-refractivity contribution is 6.11. The van der Waals surface area contributed by atoms with E-state index in [0.29, 0.717) is 22.8 Å². The number of esters is 1. The molecule has 0 radical (unpaired) electrons. The van der Waals surface area contributed by atoms with Crippen LogP contribution in [0.3, 0.4) is 0 Å². The summed E-state index contributed by atoms with van der Waals surface area (Å²) < 4.78 is 10.3. The first-order chi connectivity index (χ1) is 10.0. The minimum atomic E-state index is -0.408. The molecule has 2 rings (SSSR count). The zero-order chi connectivity index (χ0) is 15.4. The molecule has 2 aromatic carbocycles. The first-order valence-electron chi connectivity index (χ1n) is 6.53. The SMILES string of the molecule is COc1cc(C(=N)c2ccc(C)cc2)ccc1OC(C)=O. The summed E-state index contributed by atoms with van der Waals surface area (Å²) in [6.07, 6.45) is 0. The standard InChI is InChI=1S/C17H17NO3/c1-11-4-6-13(7-5-11)17(18)14-8-9-15(21-12(2)19)16(10-14)20-3/h4-10,18H,1-3H3. The van der Waals surface area contributed by atoms with Gasteiger partial charge in [-0.3, -0.25) is 10.2 Å². The molecule has 0 aliphatic rings. The van der Waals surface area contributed by atoms with E-state index in [1.54, 1.807) is 18.2 Å². The summed E-state index contributed by atoms with van der Waals surface area (Å²) in [7, 11) is 1.50. The molecule has 1 N–H and O–H groups in total. The fourth-order valence-electron chi connectivity index (χ4n) is 1.95. The molecule has 0 atom stereocenters. The molecule has 0 unspecified atom stereocenters. The zero-order valence-corrected chi connectivity index (χ0v) is 12.3. The molecule has 21 heavy (non-hydrogen) atoms. The lowest BCUT2D eigenvalue weighted by Gasteiger charge is -2.11. The van der Waals surface area contributed by atoms with Crippen LogP contribution >= 0.6 is 0 Å². The lowest BCUT2D eigenvalue weighted by atomic mass is 10.0. The molecular weight excluding hydrogens is 266 g/mol. The van der Waals surface area contributed by atoms with Gasteiger partial charge in [-0.05, 0) is 25.1 Å². The lowest BCUT2D eigenvalue weighted by Crippen LogP contribution is -2.05. The summed E-state index contributed by atoms with van der Waals surface area (Å²) in [6.45, 7) is 3.34. The number of methoxy groups -OCH3 is 1. The second-order valence-electron chi connectivity index (χ2n) is 4.70. The average Bonchev–Trinajstić information content (AvgIpc) is 2.47. The molecule has 0 heterocycles. The average molecular weight is 283 g/mol.